The minimum absolute atomic E-state index is 0.194. The SMILES string of the molecule is CC(C)(C)CCN(CC1CCCCC1)C(=O)OCCCl. The van der Waals surface area contributed by atoms with E-state index in [4.69, 9.17) is 16.3 Å². The number of hydrogen-bond donors (Lipinski definition) is 0. The van der Waals surface area contributed by atoms with Gasteiger partial charge >= 0.3 is 6.09 Å². The summed E-state index contributed by atoms with van der Waals surface area (Å²) >= 11 is 5.60. The molecule has 3 nitrogen and oxygen atoms in total. The molecule has 1 aliphatic carbocycles. The van der Waals surface area contributed by atoms with Crippen LogP contribution in [0.15, 0.2) is 0 Å². The summed E-state index contributed by atoms with van der Waals surface area (Å²) in [7, 11) is 0. The fraction of sp³-hybridized carbons (Fsp3) is 0.938. The third-order valence-corrected chi connectivity index (χ3v) is 4.05. The van der Waals surface area contributed by atoms with E-state index < -0.39 is 0 Å². The van der Waals surface area contributed by atoms with Crippen molar-refractivity contribution in [3.05, 3.63) is 0 Å². The molecule has 1 fully saturated rings. The molecule has 0 bridgehead atoms. The second-order valence-electron chi connectivity index (χ2n) is 7.06. The Hall–Kier alpha value is -0.440. The highest BCUT2D eigenvalue weighted by Crippen LogP contribution is 2.26. The van der Waals surface area contributed by atoms with Gasteiger partial charge in [0.2, 0.25) is 0 Å². The van der Waals surface area contributed by atoms with Gasteiger partial charge in [-0.15, -0.1) is 11.6 Å². The van der Waals surface area contributed by atoms with Crippen molar-refractivity contribution in [2.75, 3.05) is 25.6 Å². The Morgan fingerprint density at radius 3 is 2.45 bits per heavy atom. The summed E-state index contributed by atoms with van der Waals surface area (Å²) in [4.78, 5) is 14.0. The minimum atomic E-state index is -0.194. The van der Waals surface area contributed by atoms with Crippen LogP contribution in [-0.4, -0.2) is 36.6 Å². The second-order valence-corrected chi connectivity index (χ2v) is 7.44. The zero-order chi connectivity index (χ0) is 15.0. The van der Waals surface area contributed by atoms with E-state index in [0.717, 1.165) is 19.5 Å². The lowest BCUT2D eigenvalue weighted by molar-refractivity contribution is 0.0925. The number of carbonyl (C=O) groups is 1. The normalized spacial score (nSPS) is 17.0. The van der Waals surface area contributed by atoms with Gasteiger partial charge in [0.1, 0.15) is 6.61 Å². The molecule has 0 aromatic heterocycles. The lowest BCUT2D eigenvalue weighted by Crippen LogP contribution is -2.38. The molecular formula is C16H30ClNO2. The third-order valence-electron chi connectivity index (χ3n) is 3.90. The Kier molecular flexibility index (Phi) is 7.71. The van der Waals surface area contributed by atoms with Crippen molar-refractivity contribution in [3.8, 4) is 0 Å². The van der Waals surface area contributed by atoms with Crippen molar-refractivity contribution in [2.45, 2.75) is 59.3 Å². The first-order valence-corrected chi connectivity index (χ1v) is 8.43. The van der Waals surface area contributed by atoms with E-state index >= 15 is 0 Å². The van der Waals surface area contributed by atoms with Gasteiger partial charge in [0.15, 0.2) is 0 Å². The van der Waals surface area contributed by atoms with Crippen LogP contribution in [0.2, 0.25) is 0 Å². The van der Waals surface area contributed by atoms with Gasteiger partial charge in [0, 0.05) is 13.1 Å². The molecule has 1 rings (SSSR count). The van der Waals surface area contributed by atoms with Gasteiger partial charge in [-0.3, -0.25) is 0 Å². The van der Waals surface area contributed by atoms with Crippen LogP contribution in [-0.2, 0) is 4.74 Å². The molecule has 20 heavy (non-hydrogen) atoms. The van der Waals surface area contributed by atoms with Gasteiger partial charge in [0.05, 0.1) is 5.88 Å². The van der Waals surface area contributed by atoms with E-state index in [-0.39, 0.29) is 11.5 Å². The largest absolute Gasteiger partial charge is 0.448 e. The molecular weight excluding hydrogens is 274 g/mol. The zero-order valence-electron chi connectivity index (χ0n) is 13.3. The highest BCUT2D eigenvalue weighted by atomic mass is 35.5. The summed E-state index contributed by atoms with van der Waals surface area (Å²) in [6, 6.07) is 0. The summed E-state index contributed by atoms with van der Waals surface area (Å²) in [6.07, 6.45) is 7.23. The summed E-state index contributed by atoms with van der Waals surface area (Å²) < 4.78 is 5.22. The Labute approximate surface area is 129 Å². The third kappa shape index (κ3) is 7.37. The summed E-state index contributed by atoms with van der Waals surface area (Å²) in [5, 5.41) is 0. The van der Waals surface area contributed by atoms with E-state index in [9.17, 15) is 4.79 Å². The van der Waals surface area contributed by atoms with Crippen molar-refractivity contribution < 1.29 is 9.53 Å². The van der Waals surface area contributed by atoms with Crippen LogP contribution in [0.5, 0.6) is 0 Å². The van der Waals surface area contributed by atoms with Gasteiger partial charge in [0.25, 0.3) is 0 Å². The van der Waals surface area contributed by atoms with Crippen molar-refractivity contribution in [2.24, 2.45) is 11.3 Å². The summed E-state index contributed by atoms with van der Waals surface area (Å²) in [5.41, 5.74) is 0.234. The van der Waals surface area contributed by atoms with E-state index in [2.05, 4.69) is 20.8 Å². The monoisotopic (exact) mass is 303 g/mol. The molecule has 1 amide bonds. The van der Waals surface area contributed by atoms with E-state index in [1.165, 1.54) is 32.1 Å². The van der Waals surface area contributed by atoms with Gasteiger partial charge < -0.3 is 9.64 Å². The van der Waals surface area contributed by atoms with Gasteiger partial charge in [-0.1, -0.05) is 40.0 Å². The summed E-state index contributed by atoms with van der Waals surface area (Å²) in [5.74, 6) is 1.01. The van der Waals surface area contributed by atoms with Crippen molar-refractivity contribution >= 4 is 17.7 Å². The highest BCUT2D eigenvalue weighted by molar-refractivity contribution is 6.18. The number of hydrogen-bond acceptors (Lipinski definition) is 2. The lowest BCUT2D eigenvalue weighted by Gasteiger charge is -2.31. The summed E-state index contributed by atoms with van der Waals surface area (Å²) in [6.45, 7) is 8.54. The van der Waals surface area contributed by atoms with E-state index in [1.54, 1.807) is 0 Å². The molecule has 0 aromatic carbocycles. The number of halogens is 1. The first-order chi connectivity index (χ1) is 9.42. The van der Waals surface area contributed by atoms with Crippen molar-refractivity contribution in [1.29, 1.82) is 0 Å². The molecule has 1 saturated carbocycles. The van der Waals surface area contributed by atoms with Gasteiger partial charge in [-0.25, -0.2) is 4.79 Å². The first kappa shape index (κ1) is 17.6. The molecule has 0 radical (unpaired) electrons. The molecule has 0 spiro atoms. The van der Waals surface area contributed by atoms with Crippen LogP contribution in [0.3, 0.4) is 0 Å². The van der Waals surface area contributed by atoms with Crippen LogP contribution >= 0.6 is 11.6 Å². The Morgan fingerprint density at radius 2 is 1.90 bits per heavy atom. The quantitative estimate of drug-likeness (QED) is 0.667. The molecule has 0 aromatic rings. The topological polar surface area (TPSA) is 29.5 Å². The Morgan fingerprint density at radius 1 is 1.25 bits per heavy atom. The van der Waals surface area contributed by atoms with Crippen molar-refractivity contribution in [3.63, 3.8) is 0 Å². The predicted molar refractivity (Wildman–Crippen MR) is 84.3 cm³/mol. The number of rotatable bonds is 6. The number of amides is 1. The Balaban J connectivity index is 2.50. The van der Waals surface area contributed by atoms with Crippen LogP contribution in [0.1, 0.15) is 59.3 Å². The average Bonchev–Trinajstić information content (AvgIpc) is 2.41. The molecule has 0 atom stereocenters. The number of nitrogens with zero attached hydrogens (tertiary/aromatic N) is 1. The molecule has 0 unspecified atom stereocenters. The van der Waals surface area contributed by atoms with Crippen LogP contribution in [0.25, 0.3) is 0 Å². The maximum atomic E-state index is 12.1. The molecule has 1 aliphatic rings. The van der Waals surface area contributed by atoms with E-state index in [0.29, 0.717) is 18.4 Å². The fourth-order valence-electron chi connectivity index (χ4n) is 2.63. The molecule has 0 N–H and O–H groups in total. The average molecular weight is 304 g/mol. The number of ether oxygens (including phenoxy) is 1. The highest BCUT2D eigenvalue weighted by Gasteiger charge is 2.23. The van der Waals surface area contributed by atoms with E-state index in [1.807, 2.05) is 4.90 Å². The predicted octanol–water partition coefficient (Wildman–Crippen LogP) is 4.68. The second kappa shape index (κ2) is 8.76. The van der Waals surface area contributed by atoms with Crippen LogP contribution < -0.4 is 0 Å². The standard InChI is InChI=1S/C16H30ClNO2/c1-16(2,3)9-11-18(15(19)20-12-10-17)13-14-7-5-4-6-8-14/h14H,4-13H2,1-3H3. The van der Waals surface area contributed by atoms with Crippen molar-refractivity contribution in [1.82, 2.24) is 4.90 Å². The first-order valence-electron chi connectivity index (χ1n) is 7.90. The van der Waals surface area contributed by atoms with Crippen LogP contribution in [0, 0.1) is 11.3 Å². The Bertz CT molecular complexity index is 283. The smallest absolute Gasteiger partial charge is 0.409 e. The van der Waals surface area contributed by atoms with Gasteiger partial charge in [-0.2, -0.15) is 0 Å². The zero-order valence-corrected chi connectivity index (χ0v) is 14.0. The fourth-order valence-corrected chi connectivity index (χ4v) is 2.70. The number of carbonyl (C=O) groups excluding carboxylic acids is 1. The number of alkyl halides is 1. The van der Waals surface area contributed by atoms with Gasteiger partial charge in [-0.05, 0) is 30.6 Å². The maximum Gasteiger partial charge on any atom is 0.409 e. The van der Waals surface area contributed by atoms with Crippen LogP contribution in [0.4, 0.5) is 4.79 Å². The molecule has 4 heteroatoms. The molecule has 118 valence electrons. The maximum absolute atomic E-state index is 12.1. The molecule has 0 aliphatic heterocycles. The lowest BCUT2D eigenvalue weighted by atomic mass is 9.88. The minimum Gasteiger partial charge on any atom is -0.448 e. The molecule has 0 saturated heterocycles. The molecule has 0 heterocycles.